The van der Waals surface area contributed by atoms with Crippen molar-refractivity contribution in [1.82, 2.24) is 0 Å². The van der Waals surface area contributed by atoms with Gasteiger partial charge in [0.2, 0.25) is 0 Å². The average Bonchev–Trinajstić information content (AvgIpc) is 1.88. The van der Waals surface area contributed by atoms with Gasteiger partial charge in [0.15, 0.2) is 0 Å². The molecule has 0 N–H and O–H groups in total. The number of hydrogen-bond acceptors (Lipinski definition) is 0. The van der Waals surface area contributed by atoms with E-state index < -0.39 is 0 Å². The maximum Gasteiger partial charge on any atom is 0.00339 e. The Bertz CT molecular complexity index is 46.5. The predicted octanol–water partition coefficient (Wildman–Crippen LogP) is 3.41. The fourth-order valence-corrected chi connectivity index (χ4v) is 1.64. The lowest BCUT2D eigenvalue weighted by molar-refractivity contribution is 0.464. The first-order valence-electron chi connectivity index (χ1n) is 3.70. The number of hydrogen-bond donors (Lipinski definition) is 0. The zero-order valence-electron chi connectivity index (χ0n) is 6.20. The van der Waals surface area contributed by atoms with Gasteiger partial charge in [-0.15, -0.1) is 0 Å². The summed E-state index contributed by atoms with van der Waals surface area (Å²) in [5, 5.41) is 1.14. The van der Waals surface area contributed by atoms with Gasteiger partial charge in [0.1, 0.15) is 0 Å². The van der Waals surface area contributed by atoms with Crippen LogP contribution < -0.4 is 0 Å². The molecule has 0 rings (SSSR count). The summed E-state index contributed by atoms with van der Waals surface area (Å²) in [6, 6.07) is 0. The van der Waals surface area contributed by atoms with Crippen molar-refractivity contribution in [2.45, 2.75) is 32.6 Å². The van der Waals surface area contributed by atoms with E-state index in [1.165, 1.54) is 19.3 Å². The van der Waals surface area contributed by atoms with Crippen LogP contribution in [0.5, 0.6) is 0 Å². The Labute approximate surface area is 67.2 Å². The van der Waals surface area contributed by atoms with Crippen LogP contribution in [-0.4, -0.2) is 5.33 Å². The van der Waals surface area contributed by atoms with Crippen molar-refractivity contribution in [1.29, 1.82) is 0 Å². The van der Waals surface area contributed by atoms with E-state index in [1.54, 1.807) is 0 Å². The molecule has 1 unspecified atom stereocenters. The molecule has 9 heavy (non-hydrogen) atoms. The van der Waals surface area contributed by atoms with Gasteiger partial charge in [-0.1, -0.05) is 49.0 Å². The molecule has 1 atom stereocenters. The third kappa shape index (κ3) is 4.95. The maximum atomic E-state index is 3.84. The summed E-state index contributed by atoms with van der Waals surface area (Å²) in [7, 11) is 0. The molecule has 0 bridgehead atoms. The van der Waals surface area contributed by atoms with Gasteiger partial charge in [0.05, 0.1) is 0 Å². The van der Waals surface area contributed by atoms with Crippen molar-refractivity contribution in [3.8, 4) is 0 Å². The molecule has 0 aromatic heterocycles. The lowest BCUT2D eigenvalue weighted by atomic mass is 9.98. The lowest BCUT2D eigenvalue weighted by Crippen LogP contribution is -1.98. The normalized spacial score (nSPS) is 13.7. The van der Waals surface area contributed by atoms with Gasteiger partial charge in [0, 0.05) is 5.33 Å². The molecule has 0 aromatic rings. The Balaban J connectivity index is 3.18. The summed E-state index contributed by atoms with van der Waals surface area (Å²) < 4.78 is 0. The van der Waals surface area contributed by atoms with Crippen LogP contribution in [0.1, 0.15) is 32.6 Å². The molecule has 0 aliphatic carbocycles. The first kappa shape index (κ1) is 9.48. The van der Waals surface area contributed by atoms with E-state index >= 15 is 0 Å². The quantitative estimate of drug-likeness (QED) is 0.585. The Morgan fingerprint density at radius 3 is 2.44 bits per heavy atom. The van der Waals surface area contributed by atoms with Gasteiger partial charge >= 0.3 is 0 Å². The average molecular weight is 192 g/mol. The minimum absolute atomic E-state index is 0.905. The molecular formula is C8H16Br. The SMILES string of the molecule is [CH2]CCC(CC)CCBr. The molecule has 0 saturated carbocycles. The standard InChI is InChI=1S/C8H16Br/c1-3-5-8(4-2)6-7-9/h8H,1,3-7H2,2H3. The molecular weight excluding hydrogens is 176 g/mol. The molecule has 0 aromatic carbocycles. The highest BCUT2D eigenvalue weighted by atomic mass is 79.9. The molecule has 0 spiro atoms. The van der Waals surface area contributed by atoms with Gasteiger partial charge < -0.3 is 0 Å². The highest BCUT2D eigenvalue weighted by Gasteiger charge is 2.01. The molecule has 0 aliphatic rings. The molecule has 1 heteroatoms. The lowest BCUT2D eigenvalue weighted by Gasteiger charge is -2.10. The molecule has 0 saturated heterocycles. The van der Waals surface area contributed by atoms with Crippen LogP contribution in [0.15, 0.2) is 0 Å². The van der Waals surface area contributed by atoms with Crippen molar-refractivity contribution >= 4 is 15.9 Å². The highest BCUT2D eigenvalue weighted by Crippen LogP contribution is 2.15. The molecule has 0 amide bonds. The molecule has 0 heterocycles. The second-order valence-electron chi connectivity index (χ2n) is 2.39. The first-order valence-corrected chi connectivity index (χ1v) is 4.82. The van der Waals surface area contributed by atoms with E-state index in [2.05, 4.69) is 29.8 Å². The van der Waals surface area contributed by atoms with Crippen LogP contribution in [0.25, 0.3) is 0 Å². The third-order valence-electron chi connectivity index (χ3n) is 1.71. The summed E-state index contributed by atoms with van der Waals surface area (Å²) in [6.07, 6.45) is 5.00. The van der Waals surface area contributed by atoms with Crippen molar-refractivity contribution in [2.24, 2.45) is 5.92 Å². The zero-order valence-corrected chi connectivity index (χ0v) is 7.78. The summed E-state index contributed by atoms with van der Waals surface area (Å²) in [5.74, 6) is 0.905. The smallest absolute Gasteiger partial charge is 0.00339 e. The molecule has 1 radical (unpaired) electrons. The monoisotopic (exact) mass is 191 g/mol. The minimum Gasteiger partial charge on any atom is -0.0928 e. The van der Waals surface area contributed by atoms with Crippen LogP contribution in [-0.2, 0) is 0 Å². The van der Waals surface area contributed by atoms with E-state index in [4.69, 9.17) is 0 Å². The Morgan fingerprint density at radius 1 is 1.44 bits per heavy atom. The van der Waals surface area contributed by atoms with Gasteiger partial charge in [-0.05, 0) is 12.3 Å². The fraction of sp³-hybridized carbons (Fsp3) is 0.875. The largest absolute Gasteiger partial charge is 0.0928 e. The van der Waals surface area contributed by atoms with Crippen molar-refractivity contribution in [3.05, 3.63) is 6.92 Å². The number of alkyl halides is 1. The van der Waals surface area contributed by atoms with Crippen LogP contribution >= 0.6 is 15.9 Å². The number of rotatable bonds is 5. The molecule has 0 nitrogen and oxygen atoms in total. The Hall–Kier alpha value is 0.480. The molecule has 0 aliphatic heterocycles. The summed E-state index contributed by atoms with van der Waals surface area (Å²) in [4.78, 5) is 0. The van der Waals surface area contributed by atoms with Gasteiger partial charge in [-0.2, -0.15) is 0 Å². The third-order valence-corrected chi connectivity index (χ3v) is 2.16. The van der Waals surface area contributed by atoms with Crippen LogP contribution in [0, 0.1) is 12.8 Å². The summed E-state index contributed by atoms with van der Waals surface area (Å²) in [6.45, 7) is 6.09. The van der Waals surface area contributed by atoms with Crippen LogP contribution in [0.2, 0.25) is 0 Å². The summed E-state index contributed by atoms with van der Waals surface area (Å²) >= 11 is 3.44. The topological polar surface area (TPSA) is 0 Å². The van der Waals surface area contributed by atoms with Crippen molar-refractivity contribution in [3.63, 3.8) is 0 Å². The highest BCUT2D eigenvalue weighted by molar-refractivity contribution is 9.09. The number of halogens is 1. The minimum atomic E-state index is 0.905. The van der Waals surface area contributed by atoms with E-state index in [9.17, 15) is 0 Å². The predicted molar refractivity (Wildman–Crippen MR) is 46.8 cm³/mol. The van der Waals surface area contributed by atoms with Gasteiger partial charge in [0.25, 0.3) is 0 Å². The second kappa shape index (κ2) is 6.60. The van der Waals surface area contributed by atoms with E-state index in [-0.39, 0.29) is 0 Å². The second-order valence-corrected chi connectivity index (χ2v) is 3.19. The van der Waals surface area contributed by atoms with E-state index in [0.29, 0.717) is 0 Å². The maximum absolute atomic E-state index is 3.84. The van der Waals surface area contributed by atoms with Gasteiger partial charge in [-0.3, -0.25) is 0 Å². The van der Waals surface area contributed by atoms with Crippen molar-refractivity contribution < 1.29 is 0 Å². The van der Waals surface area contributed by atoms with E-state index in [1.807, 2.05) is 0 Å². The molecule has 55 valence electrons. The van der Waals surface area contributed by atoms with Crippen LogP contribution in [0.4, 0.5) is 0 Å². The Morgan fingerprint density at radius 2 is 2.11 bits per heavy atom. The van der Waals surface area contributed by atoms with E-state index in [0.717, 1.165) is 17.7 Å². The Kier molecular flexibility index (Phi) is 6.95. The van der Waals surface area contributed by atoms with Crippen molar-refractivity contribution in [2.75, 3.05) is 5.33 Å². The fourth-order valence-electron chi connectivity index (χ4n) is 0.996. The first-order chi connectivity index (χ1) is 4.35. The zero-order chi connectivity index (χ0) is 7.11. The molecule has 0 fully saturated rings. The summed E-state index contributed by atoms with van der Waals surface area (Å²) in [5.41, 5.74) is 0. The van der Waals surface area contributed by atoms with Gasteiger partial charge in [-0.25, -0.2) is 0 Å². The van der Waals surface area contributed by atoms with Crippen LogP contribution in [0.3, 0.4) is 0 Å².